The Morgan fingerprint density at radius 2 is 1.90 bits per heavy atom. The maximum Gasteiger partial charge on any atom is 0.306 e. The summed E-state index contributed by atoms with van der Waals surface area (Å²) in [5.74, 6) is -2.88. The van der Waals surface area contributed by atoms with Crippen molar-refractivity contribution in [1.29, 1.82) is 0 Å². The number of benzene rings is 2. The number of fused-ring (bicyclic) bond motifs is 1. The molecule has 0 radical (unpaired) electrons. The number of carboxylic acids is 1. The second-order valence-electron chi connectivity index (χ2n) is 10.7. The van der Waals surface area contributed by atoms with E-state index in [1.54, 1.807) is 25.2 Å². The fraction of sp³-hybridized carbons (Fsp3) is 0.448. The third-order valence-electron chi connectivity index (χ3n) is 7.91. The van der Waals surface area contributed by atoms with Crippen molar-refractivity contribution < 1.29 is 33.0 Å². The number of aromatic nitrogens is 2. The summed E-state index contributed by atoms with van der Waals surface area (Å²) in [6.45, 7) is 0.0201. The van der Waals surface area contributed by atoms with Crippen molar-refractivity contribution in [3.05, 3.63) is 58.5 Å². The number of rotatable bonds is 8. The van der Waals surface area contributed by atoms with E-state index >= 15 is 4.39 Å². The van der Waals surface area contributed by atoms with Crippen molar-refractivity contribution in [3.63, 3.8) is 0 Å². The first-order chi connectivity index (χ1) is 19.6. The summed E-state index contributed by atoms with van der Waals surface area (Å²) in [6, 6.07) is 8.99. The molecule has 2 aliphatic rings. The Morgan fingerprint density at radius 1 is 1.17 bits per heavy atom. The molecular formula is C29H31ClF2N4O5. The lowest BCUT2D eigenvalue weighted by molar-refractivity contribution is -0.144. The molecule has 5 rings (SSSR count). The van der Waals surface area contributed by atoms with Gasteiger partial charge in [-0.15, -0.1) is 0 Å². The minimum absolute atomic E-state index is 0.0259. The molecule has 0 bridgehead atoms. The Morgan fingerprint density at radius 3 is 2.63 bits per heavy atom. The lowest BCUT2D eigenvalue weighted by Crippen LogP contribution is -2.40. The van der Waals surface area contributed by atoms with Gasteiger partial charge in [0.1, 0.15) is 17.7 Å². The molecule has 1 aliphatic carbocycles. The summed E-state index contributed by atoms with van der Waals surface area (Å²) in [4.78, 5) is 38.7. The van der Waals surface area contributed by atoms with Crippen LogP contribution >= 0.6 is 11.6 Å². The van der Waals surface area contributed by atoms with Crippen LogP contribution in [-0.4, -0.2) is 69.0 Å². The number of halogens is 3. The number of alkyl halides is 1. The molecule has 0 spiro atoms. The fourth-order valence-corrected chi connectivity index (χ4v) is 5.96. The van der Waals surface area contributed by atoms with Crippen molar-refractivity contribution >= 4 is 46.0 Å². The number of hydrogen-bond donors (Lipinski definition) is 2. The third-order valence-corrected chi connectivity index (χ3v) is 8.23. The van der Waals surface area contributed by atoms with Crippen molar-refractivity contribution in [2.45, 2.75) is 56.8 Å². The molecule has 1 aromatic heterocycles. The van der Waals surface area contributed by atoms with E-state index in [0.717, 1.165) is 6.07 Å². The molecule has 2 fully saturated rings. The molecule has 2 N–H and O–H groups in total. The van der Waals surface area contributed by atoms with Crippen LogP contribution in [0.4, 0.5) is 14.5 Å². The quantitative estimate of drug-likeness (QED) is 0.392. The number of aryl methyl sites for hydroxylation is 1. The van der Waals surface area contributed by atoms with Gasteiger partial charge in [-0.2, -0.15) is 5.10 Å². The number of carboxylic acid groups (broad SMARTS) is 1. The van der Waals surface area contributed by atoms with Gasteiger partial charge in [0.2, 0.25) is 5.91 Å². The second kappa shape index (κ2) is 12.1. The van der Waals surface area contributed by atoms with E-state index < -0.39 is 35.8 Å². The summed E-state index contributed by atoms with van der Waals surface area (Å²) in [5.41, 5.74) is 0.995. The molecule has 218 valence electrons. The van der Waals surface area contributed by atoms with Crippen LogP contribution in [0.2, 0.25) is 5.02 Å². The van der Waals surface area contributed by atoms with Crippen LogP contribution in [-0.2, 0) is 27.8 Å². The molecule has 2 heterocycles. The molecule has 1 aliphatic heterocycles. The van der Waals surface area contributed by atoms with Crippen molar-refractivity contribution in [3.8, 4) is 0 Å². The van der Waals surface area contributed by atoms with Gasteiger partial charge in [-0.25, -0.2) is 8.78 Å². The lowest BCUT2D eigenvalue weighted by atomic mass is 9.87. The second-order valence-corrected chi connectivity index (χ2v) is 11.1. The van der Waals surface area contributed by atoms with Crippen LogP contribution in [0.1, 0.15) is 48.2 Å². The average Bonchev–Trinajstić information content (AvgIpc) is 3.48. The van der Waals surface area contributed by atoms with Crippen LogP contribution < -0.4 is 5.32 Å². The summed E-state index contributed by atoms with van der Waals surface area (Å²) < 4.78 is 36.8. The third kappa shape index (κ3) is 6.36. The minimum atomic E-state index is -1.22. The highest BCUT2D eigenvalue weighted by molar-refractivity contribution is 6.34. The smallest absolute Gasteiger partial charge is 0.306 e. The largest absolute Gasteiger partial charge is 0.481 e. The van der Waals surface area contributed by atoms with Gasteiger partial charge in [0.25, 0.3) is 5.91 Å². The summed E-state index contributed by atoms with van der Waals surface area (Å²) >= 11 is 6.38. The van der Waals surface area contributed by atoms with Crippen molar-refractivity contribution in [1.82, 2.24) is 14.7 Å². The van der Waals surface area contributed by atoms with Crippen LogP contribution in [0.5, 0.6) is 0 Å². The normalized spacial score (nSPS) is 22.7. The Balaban J connectivity index is 1.22. The van der Waals surface area contributed by atoms with Crippen LogP contribution in [0.25, 0.3) is 10.9 Å². The number of carbonyl (C=O) groups is 3. The zero-order valence-electron chi connectivity index (χ0n) is 22.5. The summed E-state index contributed by atoms with van der Waals surface area (Å²) in [6.07, 6.45) is 0.670. The molecule has 9 nitrogen and oxygen atoms in total. The minimum Gasteiger partial charge on any atom is -0.481 e. The van der Waals surface area contributed by atoms with E-state index in [2.05, 4.69) is 10.4 Å². The van der Waals surface area contributed by atoms with E-state index in [0.29, 0.717) is 36.6 Å². The SMILES string of the molecule is Cn1nc2ccccc2c1C(=O)Nc1cc(F)c(CC(=O)N2C[C@@H](F)C[C@H]2CO[C@H]2CC[C@H](C(=O)O)CC2)cc1Cl. The number of ether oxygens (including phenoxy) is 1. The summed E-state index contributed by atoms with van der Waals surface area (Å²) in [5, 5.41) is 16.8. The molecule has 3 aromatic rings. The lowest BCUT2D eigenvalue weighted by Gasteiger charge is -2.30. The molecule has 0 unspecified atom stereocenters. The van der Waals surface area contributed by atoms with Gasteiger partial charge in [-0.1, -0.05) is 29.8 Å². The van der Waals surface area contributed by atoms with Crippen LogP contribution in [0, 0.1) is 11.7 Å². The molecule has 1 saturated carbocycles. The monoisotopic (exact) mass is 588 g/mol. The first-order valence-corrected chi connectivity index (χ1v) is 14.0. The number of nitrogens with one attached hydrogen (secondary N) is 1. The zero-order chi connectivity index (χ0) is 29.3. The molecule has 41 heavy (non-hydrogen) atoms. The van der Waals surface area contributed by atoms with Gasteiger partial charge in [0, 0.05) is 18.9 Å². The van der Waals surface area contributed by atoms with Crippen LogP contribution in [0.3, 0.4) is 0 Å². The molecule has 2 amide bonds. The Bertz CT molecular complexity index is 1470. The predicted molar refractivity (Wildman–Crippen MR) is 148 cm³/mol. The number of amides is 2. The number of anilines is 1. The van der Waals surface area contributed by atoms with E-state index in [4.69, 9.17) is 21.4 Å². The van der Waals surface area contributed by atoms with Gasteiger partial charge in [-0.05, 0) is 49.4 Å². The predicted octanol–water partition coefficient (Wildman–Crippen LogP) is 4.76. The standard InChI is InChI=1S/C29H31ClF2N4O5/c1-35-27(21-4-2-3-5-24(21)34-35)28(38)33-25-13-23(32)17(10-22(25)30)11-26(37)36-14-18(31)12-19(36)15-41-20-8-6-16(7-9-20)29(39)40/h2-5,10,13,16,18-20H,6-9,11-12,14-15H2,1H3,(H,33,38)(H,39,40)/t16-,18-,19-,20-/m0/s1. The highest BCUT2D eigenvalue weighted by Gasteiger charge is 2.37. The zero-order valence-corrected chi connectivity index (χ0v) is 23.2. The number of nitrogens with zero attached hydrogens (tertiary/aromatic N) is 3. The average molecular weight is 589 g/mol. The van der Waals surface area contributed by atoms with Gasteiger partial charge < -0.3 is 20.1 Å². The van der Waals surface area contributed by atoms with Crippen molar-refractivity contribution in [2.24, 2.45) is 13.0 Å². The maximum atomic E-state index is 15.1. The molecule has 2 atom stereocenters. The Kier molecular flexibility index (Phi) is 8.55. The highest BCUT2D eigenvalue weighted by Crippen LogP contribution is 2.30. The van der Waals surface area contributed by atoms with E-state index in [-0.39, 0.29) is 60.0 Å². The van der Waals surface area contributed by atoms with Gasteiger partial charge in [-0.3, -0.25) is 19.1 Å². The van der Waals surface area contributed by atoms with Gasteiger partial charge >= 0.3 is 5.97 Å². The number of hydrogen-bond acceptors (Lipinski definition) is 5. The molecular weight excluding hydrogens is 558 g/mol. The molecule has 2 aromatic carbocycles. The number of likely N-dealkylation sites (tertiary alicyclic amines) is 1. The maximum absolute atomic E-state index is 15.1. The number of aliphatic carboxylic acids is 1. The number of carbonyl (C=O) groups excluding carboxylic acids is 2. The molecule has 12 heteroatoms. The summed E-state index contributed by atoms with van der Waals surface area (Å²) in [7, 11) is 1.63. The van der Waals surface area contributed by atoms with E-state index in [1.807, 2.05) is 6.07 Å². The molecule has 1 saturated heterocycles. The van der Waals surface area contributed by atoms with Gasteiger partial charge in [0.05, 0.1) is 53.9 Å². The van der Waals surface area contributed by atoms with Crippen molar-refractivity contribution in [2.75, 3.05) is 18.5 Å². The Labute approximate surface area is 240 Å². The topological polar surface area (TPSA) is 114 Å². The first kappa shape index (κ1) is 28.9. The fourth-order valence-electron chi connectivity index (χ4n) is 5.73. The van der Waals surface area contributed by atoms with Crippen LogP contribution in [0.15, 0.2) is 36.4 Å². The van der Waals surface area contributed by atoms with Gasteiger partial charge in [0.15, 0.2) is 0 Å². The first-order valence-electron chi connectivity index (χ1n) is 13.6. The van der Waals surface area contributed by atoms with E-state index in [9.17, 15) is 18.8 Å². The Hall–Kier alpha value is -3.57. The highest BCUT2D eigenvalue weighted by atomic mass is 35.5. The van der Waals surface area contributed by atoms with E-state index in [1.165, 1.54) is 15.6 Å².